The molecule has 2 nitrogen and oxygen atoms in total. The van der Waals surface area contributed by atoms with Crippen LogP contribution in [0.25, 0.3) is 0 Å². The maximum Gasteiger partial charge on any atom is 0.0524 e. The Morgan fingerprint density at radius 3 is 3.23 bits per heavy atom. The van der Waals surface area contributed by atoms with Gasteiger partial charge in [-0.25, -0.2) is 0 Å². The Balaban J connectivity index is 2.39. The van der Waals surface area contributed by atoms with Crippen LogP contribution in [0.15, 0.2) is 23.1 Å². The lowest BCUT2D eigenvalue weighted by Gasteiger charge is -2.24. The van der Waals surface area contributed by atoms with Gasteiger partial charge in [-0.1, -0.05) is 19.1 Å². The summed E-state index contributed by atoms with van der Waals surface area (Å²) in [5, 5.41) is 4.08. The number of nitrogens with one attached hydrogen (secondary N) is 1. The first kappa shape index (κ1) is 8.91. The van der Waals surface area contributed by atoms with E-state index in [1.54, 1.807) is 0 Å². The Hall–Kier alpha value is -0.670. The minimum absolute atomic E-state index is 0.616. The summed E-state index contributed by atoms with van der Waals surface area (Å²) in [6, 6.07) is 6.32. The van der Waals surface area contributed by atoms with Crippen molar-refractivity contribution >= 4 is 17.4 Å². The van der Waals surface area contributed by atoms with Gasteiger partial charge >= 0.3 is 0 Å². The SMILES string of the molecule is CC1CNc2c(CN)cccc2S1. The summed E-state index contributed by atoms with van der Waals surface area (Å²) in [5.74, 6) is 0. The van der Waals surface area contributed by atoms with Crippen molar-refractivity contribution in [3.05, 3.63) is 23.8 Å². The molecule has 1 aliphatic rings. The van der Waals surface area contributed by atoms with E-state index >= 15 is 0 Å². The second-order valence-corrected chi connectivity index (χ2v) is 4.78. The maximum atomic E-state index is 5.66. The zero-order chi connectivity index (χ0) is 9.26. The van der Waals surface area contributed by atoms with Crippen LogP contribution in [0.2, 0.25) is 0 Å². The van der Waals surface area contributed by atoms with E-state index in [9.17, 15) is 0 Å². The molecule has 2 rings (SSSR count). The summed E-state index contributed by atoms with van der Waals surface area (Å²) in [5.41, 5.74) is 8.12. The van der Waals surface area contributed by atoms with Crippen LogP contribution in [0, 0.1) is 0 Å². The second-order valence-electron chi connectivity index (χ2n) is 3.30. The van der Waals surface area contributed by atoms with Gasteiger partial charge in [-0.05, 0) is 11.6 Å². The van der Waals surface area contributed by atoms with Gasteiger partial charge in [0, 0.05) is 23.2 Å². The predicted molar refractivity (Wildman–Crippen MR) is 58.1 cm³/mol. The molecule has 1 atom stereocenters. The summed E-state index contributed by atoms with van der Waals surface area (Å²) in [6.45, 7) is 3.88. The molecule has 0 bridgehead atoms. The highest BCUT2D eigenvalue weighted by Gasteiger charge is 2.16. The van der Waals surface area contributed by atoms with Crippen molar-refractivity contribution in [2.24, 2.45) is 5.73 Å². The van der Waals surface area contributed by atoms with Crippen LogP contribution in [-0.4, -0.2) is 11.8 Å². The Morgan fingerprint density at radius 1 is 1.62 bits per heavy atom. The Kier molecular flexibility index (Phi) is 2.47. The molecule has 0 amide bonds. The van der Waals surface area contributed by atoms with Crippen molar-refractivity contribution in [2.75, 3.05) is 11.9 Å². The highest BCUT2D eigenvalue weighted by Crippen LogP contribution is 2.36. The molecule has 70 valence electrons. The van der Waals surface area contributed by atoms with Crippen molar-refractivity contribution in [1.82, 2.24) is 0 Å². The van der Waals surface area contributed by atoms with E-state index in [4.69, 9.17) is 5.73 Å². The number of fused-ring (bicyclic) bond motifs is 1. The topological polar surface area (TPSA) is 38.0 Å². The molecule has 0 saturated carbocycles. The number of hydrogen-bond donors (Lipinski definition) is 2. The summed E-state index contributed by atoms with van der Waals surface area (Å²) in [6.07, 6.45) is 0. The summed E-state index contributed by atoms with van der Waals surface area (Å²) < 4.78 is 0. The molecule has 0 aliphatic carbocycles. The van der Waals surface area contributed by atoms with E-state index in [0.29, 0.717) is 11.8 Å². The van der Waals surface area contributed by atoms with E-state index in [2.05, 4.69) is 30.4 Å². The fraction of sp³-hybridized carbons (Fsp3) is 0.400. The molecule has 1 heterocycles. The number of rotatable bonds is 1. The van der Waals surface area contributed by atoms with Crippen molar-refractivity contribution in [1.29, 1.82) is 0 Å². The average Bonchev–Trinajstić information content (AvgIpc) is 2.16. The lowest BCUT2D eigenvalue weighted by atomic mass is 10.1. The average molecular weight is 194 g/mol. The molecule has 1 unspecified atom stereocenters. The molecule has 0 saturated heterocycles. The Labute approximate surface area is 82.9 Å². The molecule has 1 aromatic rings. The minimum atomic E-state index is 0.616. The predicted octanol–water partition coefficient (Wildman–Crippen LogP) is 2.05. The smallest absolute Gasteiger partial charge is 0.0524 e. The number of hydrogen-bond acceptors (Lipinski definition) is 3. The van der Waals surface area contributed by atoms with E-state index in [1.807, 2.05) is 11.8 Å². The van der Waals surface area contributed by atoms with Gasteiger partial charge in [-0.2, -0.15) is 0 Å². The van der Waals surface area contributed by atoms with Gasteiger partial charge in [0.25, 0.3) is 0 Å². The third-order valence-corrected chi connectivity index (χ3v) is 3.39. The number of thioether (sulfide) groups is 1. The van der Waals surface area contributed by atoms with E-state index in [0.717, 1.165) is 6.54 Å². The molecule has 1 aromatic carbocycles. The van der Waals surface area contributed by atoms with E-state index < -0.39 is 0 Å². The second kappa shape index (κ2) is 3.60. The first-order valence-corrected chi connectivity index (χ1v) is 5.41. The van der Waals surface area contributed by atoms with Gasteiger partial charge in [0.15, 0.2) is 0 Å². The maximum absolute atomic E-state index is 5.66. The van der Waals surface area contributed by atoms with Crippen molar-refractivity contribution in [2.45, 2.75) is 23.6 Å². The molecule has 0 radical (unpaired) electrons. The molecule has 0 spiro atoms. The highest BCUT2D eigenvalue weighted by molar-refractivity contribution is 8.00. The third-order valence-electron chi connectivity index (χ3n) is 2.23. The zero-order valence-electron chi connectivity index (χ0n) is 7.71. The van der Waals surface area contributed by atoms with Crippen LogP contribution in [0.5, 0.6) is 0 Å². The van der Waals surface area contributed by atoms with Gasteiger partial charge < -0.3 is 11.1 Å². The van der Waals surface area contributed by atoms with Gasteiger partial charge in [-0.15, -0.1) is 11.8 Å². The number of para-hydroxylation sites is 1. The van der Waals surface area contributed by atoms with E-state index in [-0.39, 0.29) is 0 Å². The first-order chi connectivity index (χ1) is 6.31. The van der Waals surface area contributed by atoms with Gasteiger partial charge in [0.05, 0.1) is 5.69 Å². The van der Waals surface area contributed by atoms with Crippen LogP contribution in [0.4, 0.5) is 5.69 Å². The molecule has 13 heavy (non-hydrogen) atoms. The normalized spacial score (nSPS) is 20.6. The van der Waals surface area contributed by atoms with Crippen molar-refractivity contribution < 1.29 is 0 Å². The summed E-state index contributed by atoms with van der Waals surface area (Å²) in [4.78, 5) is 1.33. The van der Waals surface area contributed by atoms with Crippen LogP contribution in [0.3, 0.4) is 0 Å². The Morgan fingerprint density at radius 2 is 2.46 bits per heavy atom. The highest BCUT2D eigenvalue weighted by atomic mass is 32.2. The molecule has 1 aliphatic heterocycles. The molecular formula is C10H14N2S. The largest absolute Gasteiger partial charge is 0.383 e. The first-order valence-electron chi connectivity index (χ1n) is 4.53. The van der Waals surface area contributed by atoms with Crippen molar-refractivity contribution in [3.63, 3.8) is 0 Å². The van der Waals surface area contributed by atoms with Crippen LogP contribution in [-0.2, 0) is 6.54 Å². The Bertz CT molecular complexity index is 312. The molecule has 3 N–H and O–H groups in total. The molecule has 0 fully saturated rings. The number of anilines is 1. The van der Waals surface area contributed by atoms with Crippen LogP contribution >= 0.6 is 11.8 Å². The molecular weight excluding hydrogens is 180 g/mol. The number of nitrogens with two attached hydrogens (primary N) is 1. The minimum Gasteiger partial charge on any atom is -0.383 e. The van der Waals surface area contributed by atoms with Gasteiger partial charge in [0.2, 0.25) is 0 Å². The quantitative estimate of drug-likeness (QED) is 0.718. The third kappa shape index (κ3) is 1.67. The van der Waals surface area contributed by atoms with Gasteiger partial charge in [0.1, 0.15) is 0 Å². The molecule has 3 heteroatoms. The standard InChI is InChI=1S/C10H14N2S/c1-7-6-12-10-8(5-11)3-2-4-9(10)13-7/h2-4,7,12H,5-6,11H2,1H3. The lowest BCUT2D eigenvalue weighted by Crippen LogP contribution is -2.20. The van der Waals surface area contributed by atoms with Crippen molar-refractivity contribution in [3.8, 4) is 0 Å². The fourth-order valence-corrected chi connectivity index (χ4v) is 2.63. The zero-order valence-corrected chi connectivity index (χ0v) is 8.53. The van der Waals surface area contributed by atoms with Gasteiger partial charge in [-0.3, -0.25) is 0 Å². The molecule has 0 aromatic heterocycles. The lowest BCUT2D eigenvalue weighted by molar-refractivity contribution is 0.955. The van der Waals surface area contributed by atoms with E-state index in [1.165, 1.54) is 16.1 Å². The number of benzene rings is 1. The fourth-order valence-electron chi connectivity index (χ4n) is 1.55. The summed E-state index contributed by atoms with van der Waals surface area (Å²) in [7, 11) is 0. The summed E-state index contributed by atoms with van der Waals surface area (Å²) >= 11 is 1.92. The van der Waals surface area contributed by atoms with Crippen LogP contribution < -0.4 is 11.1 Å². The monoisotopic (exact) mass is 194 g/mol. The van der Waals surface area contributed by atoms with Crippen LogP contribution in [0.1, 0.15) is 12.5 Å².